The molecular weight excluding hydrogens is 553 g/mol. The van der Waals surface area contributed by atoms with E-state index in [0.717, 1.165) is 0 Å². The summed E-state index contributed by atoms with van der Waals surface area (Å²) in [7, 11) is 0. The molecule has 8 aromatic carbocycles. The Kier molecular flexibility index (Phi) is 4.95. The molecule has 2 aliphatic rings. The smallest absolute Gasteiger partial charge is 0.0159 e. The van der Waals surface area contributed by atoms with Gasteiger partial charge < -0.3 is 0 Å². The van der Waals surface area contributed by atoms with Gasteiger partial charge in [-0.2, -0.15) is 0 Å². The fourth-order valence-electron chi connectivity index (χ4n) is 9.18. The Morgan fingerprint density at radius 1 is 0.304 bits per heavy atom. The van der Waals surface area contributed by atoms with Gasteiger partial charge in [0, 0.05) is 10.8 Å². The Morgan fingerprint density at radius 3 is 1.13 bits per heavy atom. The van der Waals surface area contributed by atoms with Crippen LogP contribution in [0, 0.1) is 0 Å². The lowest BCUT2D eigenvalue weighted by Gasteiger charge is -2.43. The Labute approximate surface area is 270 Å². The van der Waals surface area contributed by atoms with Gasteiger partial charge in [0.2, 0.25) is 0 Å². The van der Waals surface area contributed by atoms with E-state index >= 15 is 0 Å². The predicted molar refractivity (Wildman–Crippen MR) is 197 cm³/mol. The van der Waals surface area contributed by atoms with Crippen molar-refractivity contribution in [2.45, 2.75) is 38.5 Å². The molecule has 0 saturated carbocycles. The summed E-state index contributed by atoms with van der Waals surface area (Å²) in [6.07, 6.45) is 0. The van der Waals surface area contributed by atoms with Crippen LogP contribution in [-0.4, -0.2) is 0 Å². The highest BCUT2D eigenvalue weighted by atomic mass is 14.5. The molecule has 0 saturated heterocycles. The van der Waals surface area contributed by atoms with Crippen molar-refractivity contribution in [2.75, 3.05) is 0 Å². The van der Waals surface area contributed by atoms with E-state index in [0.29, 0.717) is 0 Å². The Hall–Kier alpha value is -5.20. The van der Waals surface area contributed by atoms with Crippen molar-refractivity contribution in [3.05, 3.63) is 156 Å². The zero-order valence-corrected chi connectivity index (χ0v) is 26.7. The van der Waals surface area contributed by atoms with Crippen LogP contribution in [0.5, 0.6) is 0 Å². The Bertz CT molecular complexity index is 2430. The standard InChI is InChI=1S/C46H34/c1-45(2)37-23-19-33(31-17-9-13-27-11-5-7-15-29(27)31)35-22-26-40-44(41(35)37)43-39(45)25-21-36-34(20-24-38(42(36)43)46(40,3)4)32-18-10-14-28-12-6-8-16-30(28)32/h5-26H,1-4H3. The van der Waals surface area contributed by atoms with Gasteiger partial charge in [0.15, 0.2) is 0 Å². The number of hydrogen-bond acceptors (Lipinski definition) is 0. The molecule has 0 atom stereocenters. The van der Waals surface area contributed by atoms with E-state index in [1.54, 1.807) is 0 Å². The molecule has 10 rings (SSSR count). The molecule has 0 aromatic heterocycles. The average Bonchev–Trinajstić information content (AvgIpc) is 3.08. The molecule has 0 fully saturated rings. The van der Waals surface area contributed by atoms with E-state index in [1.807, 2.05) is 0 Å². The molecule has 0 spiro atoms. The maximum Gasteiger partial charge on any atom is 0.0159 e. The number of rotatable bonds is 2. The monoisotopic (exact) mass is 586 g/mol. The lowest BCUT2D eigenvalue weighted by Crippen LogP contribution is -2.30. The highest BCUT2D eigenvalue weighted by Gasteiger charge is 2.42. The third kappa shape index (κ3) is 3.14. The van der Waals surface area contributed by atoms with Crippen molar-refractivity contribution in [1.82, 2.24) is 0 Å². The second-order valence-electron chi connectivity index (χ2n) is 14.4. The van der Waals surface area contributed by atoms with Crippen LogP contribution in [0.2, 0.25) is 0 Å². The van der Waals surface area contributed by atoms with Gasteiger partial charge >= 0.3 is 0 Å². The first kappa shape index (κ1) is 26.1. The summed E-state index contributed by atoms with van der Waals surface area (Å²) in [6, 6.07) is 50.4. The quantitative estimate of drug-likeness (QED) is 0.189. The fraction of sp³-hybridized carbons (Fsp3) is 0.130. The topological polar surface area (TPSA) is 0 Å². The first-order valence-electron chi connectivity index (χ1n) is 16.5. The van der Waals surface area contributed by atoms with Gasteiger partial charge in [0.25, 0.3) is 0 Å². The summed E-state index contributed by atoms with van der Waals surface area (Å²) in [4.78, 5) is 0. The minimum atomic E-state index is -0.140. The van der Waals surface area contributed by atoms with E-state index in [1.165, 1.54) is 98.7 Å². The van der Waals surface area contributed by atoms with Crippen molar-refractivity contribution in [3.8, 4) is 33.4 Å². The van der Waals surface area contributed by atoms with Crippen molar-refractivity contribution in [1.29, 1.82) is 0 Å². The van der Waals surface area contributed by atoms with Crippen LogP contribution in [0.15, 0.2) is 133 Å². The van der Waals surface area contributed by atoms with Gasteiger partial charge in [-0.05, 0) is 98.7 Å². The van der Waals surface area contributed by atoms with E-state index in [4.69, 9.17) is 0 Å². The number of fused-ring (bicyclic) bond motifs is 2. The first-order chi connectivity index (χ1) is 22.4. The molecule has 2 aliphatic carbocycles. The summed E-state index contributed by atoms with van der Waals surface area (Å²) in [5.41, 5.74) is 13.6. The van der Waals surface area contributed by atoms with Crippen molar-refractivity contribution < 1.29 is 0 Å². The van der Waals surface area contributed by atoms with E-state index < -0.39 is 0 Å². The predicted octanol–water partition coefficient (Wildman–Crippen LogP) is 12.6. The van der Waals surface area contributed by atoms with Crippen LogP contribution in [-0.2, 0) is 10.8 Å². The average molecular weight is 587 g/mol. The van der Waals surface area contributed by atoms with Crippen molar-refractivity contribution >= 4 is 43.1 Å². The minimum Gasteiger partial charge on any atom is -0.0616 e. The van der Waals surface area contributed by atoms with Crippen LogP contribution >= 0.6 is 0 Å². The van der Waals surface area contributed by atoms with Gasteiger partial charge in [-0.1, -0.05) is 161 Å². The minimum absolute atomic E-state index is 0.140. The Balaban J connectivity index is 1.37. The maximum atomic E-state index is 2.44. The molecule has 218 valence electrons. The third-order valence-electron chi connectivity index (χ3n) is 11.5. The van der Waals surface area contributed by atoms with E-state index in [-0.39, 0.29) is 10.8 Å². The highest BCUT2D eigenvalue weighted by Crippen LogP contribution is 2.60. The highest BCUT2D eigenvalue weighted by molar-refractivity contribution is 6.20. The van der Waals surface area contributed by atoms with Gasteiger partial charge in [-0.3, -0.25) is 0 Å². The van der Waals surface area contributed by atoms with Crippen molar-refractivity contribution in [3.63, 3.8) is 0 Å². The van der Waals surface area contributed by atoms with Crippen LogP contribution in [0.1, 0.15) is 49.9 Å². The molecular formula is C46H34. The summed E-state index contributed by atoms with van der Waals surface area (Å²) < 4.78 is 0. The second-order valence-corrected chi connectivity index (χ2v) is 14.4. The summed E-state index contributed by atoms with van der Waals surface area (Å²) in [5.74, 6) is 0. The Morgan fingerprint density at radius 2 is 0.674 bits per heavy atom. The molecule has 0 radical (unpaired) electrons. The molecule has 0 nitrogen and oxygen atoms in total. The second kappa shape index (κ2) is 8.74. The van der Waals surface area contributed by atoms with E-state index in [2.05, 4.69) is 161 Å². The number of benzene rings is 8. The van der Waals surface area contributed by atoms with Gasteiger partial charge in [-0.15, -0.1) is 0 Å². The molecule has 8 aromatic rings. The normalized spacial score (nSPS) is 15.3. The first-order valence-corrected chi connectivity index (χ1v) is 16.5. The van der Waals surface area contributed by atoms with Gasteiger partial charge in [0.1, 0.15) is 0 Å². The largest absolute Gasteiger partial charge is 0.0616 e. The molecule has 46 heavy (non-hydrogen) atoms. The fourth-order valence-corrected chi connectivity index (χ4v) is 9.18. The zero-order valence-electron chi connectivity index (χ0n) is 26.7. The third-order valence-corrected chi connectivity index (χ3v) is 11.5. The van der Waals surface area contributed by atoms with Crippen LogP contribution in [0.4, 0.5) is 0 Å². The molecule has 0 aliphatic heterocycles. The van der Waals surface area contributed by atoms with Crippen LogP contribution in [0.3, 0.4) is 0 Å². The molecule has 0 amide bonds. The van der Waals surface area contributed by atoms with Gasteiger partial charge in [-0.25, -0.2) is 0 Å². The summed E-state index contributed by atoms with van der Waals surface area (Å²) >= 11 is 0. The van der Waals surface area contributed by atoms with Gasteiger partial charge in [0.05, 0.1) is 0 Å². The SMILES string of the molecule is CC1(C)c2ccc3c(-c4cccc5ccccc45)ccc4c3c2-c2c(ccc3c(-c5cccc6ccccc56)ccc1c23)C4(C)C. The zero-order chi connectivity index (χ0) is 30.9. The molecule has 0 unspecified atom stereocenters. The lowest BCUT2D eigenvalue weighted by molar-refractivity contribution is 0.628. The van der Waals surface area contributed by atoms with Crippen molar-refractivity contribution in [2.24, 2.45) is 0 Å². The molecule has 0 N–H and O–H groups in total. The maximum absolute atomic E-state index is 2.44. The molecule has 0 bridgehead atoms. The summed E-state index contributed by atoms with van der Waals surface area (Å²) in [6.45, 7) is 9.72. The van der Waals surface area contributed by atoms with E-state index in [9.17, 15) is 0 Å². The van der Waals surface area contributed by atoms with Crippen LogP contribution in [0.25, 0.3) is 76.5 Å². The summed E-state index contributed by atoms with van der Waals surface area (Å²) in [5, 5.41) is 10.8. The van der Waals surface area contributed by atoms with Crippen LogP contribution < -0.4 is 0 Å². The molecule has 0 heterocycles. The lowest BCUT2D eigenvalue weighted by atomic mass is 9.59. The number of hydrogen-bond donors (Lipinski definition) is 0. The molecule has 0 heteroatoms.